The SMILES string of the molecule is Cc1cc(C)nc(NC2CC(C)C2)n1. The summed E-state index contributed by atoms with van der Waals surface area (Å²) in [6.45, 7) is 6.28. The molecular formula is C11H17N3. The second kappa shape index (κ2) is 3.56. The number of nitrogens with zero attached hydrogens (tertiary/aromatic N) is 2. The van der Waals surface area contributed by atoms with Crippen molar-refractivity contribution in [3.05, 3.63) is 17.5 Å². The largest absolute Gasteiger partial charge is 0.351 e. The highest BCUT2D eigenvalue weighted by Crippen LogP contribution is 2.28. The van der Waals surface area contributed by atoms with Crippen molar-refractivity contribution in [2.24, 2.45) is 5.92 Å². The van der Waals surface area contributed by atoms with Gasteiger partial charge in [-0.25, -0.2) is 9.97 Å². The van der Waals surface area contributed by atoms with Gasteiger partial charge in [-0.05, 0) is 38.7 Å². The lowest BCUT2D eigenvalue weighted by atomic mass is 9.82. The number of hydrogen-bond donors (Lipinski definition) is 1. The summed E-state index contributed by atoms with van der Waals surface area (Å²) in [5.41, 5.74) is 2.07. The van der Waals surface area contributed by atoms with Crippen molar-refractivity contribution in [3.63, 3.8) is 0 Å². The molecule has 0 bridgehead atoms. The molecule has 1 aromatic heterocycles. The van der Waals surface area contributed by atoms with Gasteiger partial charge in [-0.1, -0.05) is 6.92 Å². The lowest BCUT2D eigenvalue weighted by molar-refractivity contribution is 0.308. The van der Waals surface area contributed by atoms with E-state index in [1.165, 1.54) is 12.8 Å². The summed E-state index contributed by atoms with van der Waals surface area (Å²) in [5, 5.41) is 3.37. The van der Waals surface area contributed by atoms with Crippen molar-refractivity contribution in [1.29, 1.82) is 0 Å². The Hall–Kier alpha value is -1.12. The molecule has 1 saturated carbocycles. The molecular weight excluding hydrogens is 174 g/mol. The van der Waals surface area contributed by atoms with Gasteiger partial charge in [0.1, 0.15) is 0 Å². The molecule has 0 atom stereocenters. The van der Waals surface area contributed by atoms with Crippen LogP contribution in [0.5, 0.6) is 0 Å². The first-order chi connectivity index (χ1) is 6.63. The van der Waals surface area contributed by atoms with Gasteiger partial charge in [0.2, 0.25) is 5.95 Å². The van der Waals surface area contributed by atoms with Gasteiger partial charge in [0.15, 0.2) is 0 Å². The highest BCUT2D eigenvalue weighted by molar-refractivity contribution is 5.29. The van der Waals surface area contributed by atoms with Crippen LogP contribution in [0.1, 0.15) is 31.2 Å². The van der Waals surface area contributed by atoms with Crippen LogP contribution in [0.25, 0.3) is 0 Å². The molecule has 1 fully saturated rings. The van der Waals surface area contributed by atoms with Gasteiger partial charge in [0, 0.05) is 17.4 Å². The van der Waals surface area contributed by atoms with Crippen molar-refractivity contribution in [2.45, 2.75) is 39.7 Å². The van der Waals surface area contributed by atoms with E-state index in [0.29, 0.717) is 6.04 Å². The van der Waals surface area contributed by atoms with Crippen LogP contribution in [0.4, 0.5) is 5.95 Å². The molecule has 0 unspecified atom stereocenters. The van der Waals surface area contributed by atoms with E-state index in [2.05, 4.69) is 22.2 Å². The fourth-order valence-corrected chi connectivity index (χ4v) is 1.99. The van der Waals surface area contributed by atoms with Crippen molar-refractivity contribution in [2.75, 3.05) is 5.32 Å². The number of aromatic nitrogens is 2. The molecule has 76 valence electrons. The summed E-state index contributed by atoms with van der Waals surface area (Å²) in [6.07, 6.45) is 2.49. The van der Waals surface area contributed by atoms with Crippen LogP contribution in [-0.2, 0) is 0 Å². The number of rotatable bonds is 2. The zero-order chi connectivity index (χ0) is 10.1. The van der Waals surface area contributed by atoms with E-state index in [9.17, 15) is 0 Å². The molecule has 0 spiro atoms. The number of hydrogen-bond acceptors (Lipinski definition) is 3. The van der Waals surface area contributed by atoms with Gasteiger partial charge in [0.05, 0.1) is 0 Å². The monoisotopic (exact) mass is 191 g/mol. The predicted octanol–water partition coefficient (Wildman–Crippen LogP) is 2.30. The molecule has 1 aliphatic carbocycles. The molecule has 0 radical (unpaired) electrons. The summed E-state index contributed by atoms with van der Waals surface area (Å²) in [5.74, 6) is 1.65. The van der Waals surface area contributed by atoms with Crippen LogP contribution in [0.15, 0.2) is 6.07 Å². The van der Waals surface area contributed by atoms with Crippen LogP contribution < -0.4 is 5.32 Å². The standard InChI is InChI=1S/C11H17N3/c1-7-4-10(5-7)14-11-12-8(2)6-9(3)13-11/h6-7,10H,4-5H2,1-3H3,(H,12,13,14). The minimum absolute atomic E-state index is 0.589. The molecule has 2 rings (SSSR count). The molecule has 3 nitrogen and oxygen atoms in total. The molecule has 0 saturated heterocycles. The molecule has 1 N–H and O–H groups in total. The second-order valence-electron chi connectivity index (χ2n) is 4.39. The predicted molar refractivity (Wildman–Crippen MR) is 57.3 cm³/mol. The Labute approximate surface area is 85.0 Å². The van der Waals surface area contributed by atoms with Gasteiger partial charge in [-0.3, -0.25) is 0 Å². The Morgan fingerprint density at radius 1 is 1.21 bits per heavy atom. The van der Waals surface area contributed by atoms with Crippen LogP contribution in [0.3, 0.4) is 0 Å². The van der Waals surface area contributed by atoms with Gasteiger partial charge >= 0.3 is 0 Å². The molecule has 14 heavy (non-hydrogen) atoms. The smallest absolute Gasteiger partial charge is 0.223 e. The summed E-state index contributed by atoms with van der Waals surface area (Å²) in [4.78, 5) is 8.72. The fraction of sp³-hybridized carbons (Fsp3) is 0.636. The van der Waals surface area contributed by atoms with Crippen LogP contribution in [-0.4, -0.2) is 16.0 Å². The molecule has 0 aliphatic heterocycles. The third-order valence-corrected chi connectivity index (χ3v) is 2.69. The van der Waals surface area contributed by atoms with Crippen molar-refractivity contribution < 1.29 is 0 Å². The molecule has 1 heterocycles. The van der Waals surface area contributed by atoms with E-state index in [0.717, 1.165) is 23.3 Å². The van der Waals surface area contributed by atoms with Crippen LogP contribution in [0, 0.1) is 19.8 Å². The Kier molecular flexibility index (Phi) is 2.40. The maximum atomic E-state index is 4.36. The third kappa shape index (κ3) is 2.03. The first-order valence-electron chi connectivity index (χ1n) is 5.22. The van der Waals surface area contributed by atoms with E-state index in [1.807, 2.05) is 19.9 Å². The van der Waals surface area contributed by atoms with Gasteiger partial charge < -0.3 is 5.32 Å². The summed E-state index contributed by atoms with van der Waals surface area (Å²) < 4.78 is 0. The van der Waals surface area contributed by atoms with Crippen molar-refractivity contribution in [1.82, 2.24) is 9.97 Å². The minimum Gasteiger partial charge on any atom is -0.351 e. The number of anilines is 1. The molecule has 1 aromatic rings. The first kappa shape index (κ1) is 9.44. The quantitative estimate of drug-likeness (QED) is 0.779. The highest BCUT2D eigenvalue weighted by Gasteiger charge is 2.25. The summed E-state index contributed by atoms with van der Waals surface area (Å²) in [6, 6.07) is 2.58. The van der Waals surface area contributed by atoms with Crippen LogP contribution in [0.2, 0.25) is 0 Å². The average molecular weight is 191 g/mol. The van der Waals surface area contributed by atoms with Crippen LogP contribution >= 0.6 is 0 Å². The van der Waals surface area contributed by atoms with Gasteiger partial charge in [0.25, 0.3) is 0 Å². The lowest BCUT2D eigenvalue weighted by Gasteiger charge is -2.33. The molecule has 0 amide bonds. The topological polar surface area (TPSA) is 37.8 Å². The zero-order valence-electron chi connectivity index (χ0n) is 9.04. The van der Waals surface area contributed by atoms with E-state index in [-0.39, 0.29) is 0 Å². The zero-order valence-corrected chi connectivity index (χ0v) is 9.04. The van der Waals surface area contributed by atoms with E-state index in [1.54, 1.807) is 0 Å². The number of aryl methyl sites for hydroxylation is 2. The molecule has 0 aromatic carbocycles. The third-order valence-electron chi connectivity index (χ3n) is 2.69. The fourth-order valence-electron chi connectivity index (χ4n) is 1.99. The Bertz CT molecular complexity index is 309. The molecule has 3 heteroatoms. The summed E-state index contributed by atoms with van der Waals surface area (Å²) in [7, 11) is 0. The maximum Gasteiger partial charge on any atom is 0.223 e. The second-order valence-corrected chi connectivity index (χ2v) is 4.39. The van der Waals surface area contributed by atoms with Crippen molar-refractivity contribution >= 4 is 5.95 Å². The highest BCUT2D eigenvalue weighted by atomic mass is 15.1. The average Bonchev–Trinajstić information content (AvgIpc) is 1.99. The maximum absolute atomic E-state index is 4.36. The van der Waals surface area contributed by atoms with E-state index in [4.69, 9.17) is 0 Å². The van der Waals surface area contributed by atoms with Gasteiger partial charge in [-0.2, -0.15) is 0 Å². The Morgan fingerprint density at radius 2 is 1.79 bits per heavy atom. The summed E-state index contributed by atoms with van der Waals surface area (Å²) >= 11 is 0. The van der Waals surface area contributed by atoms with Crippen molar-refractivity contribution in [3.8, 4) is 0 Å². The van der Waals surface area contributed by atoms with E-state index < -0.39 is 0 Å². The Balaban J connectivity index is 2.02. The lowest BCUT2D eigenvalue weighted by Crippen LogP contribution is -2.34. The normalized spacial score (nSPS) is 25.6. The Morgan fingerprint density at radius 3 is 2.29 bits per heavy atom. The minimum atomic E-state index is 0.589. The molecule has 1 aliphatic rings. The van der Waals surface area contributed by atoms with Gasteiger partial charge in [-0.15, -0.1) is 0 Å². The number of nitrogens with one attached hydrogen (secondary N) is 1. The van der Waals surface area contributed by atoms with E-state index >= 15 is 0 Å². The first-order valence-corrected chi connectivity index (χ1v) is 5.22.